The topological polar surface area (TPSA) is 29.3 Å². The van der Waals surface area contributed by atoms with Crippen molar-refractivity contribution in [1.82, 2.24) is 4.90 Å². The summed E-state index contributed by atoms with van der Waals surface area (Å²) in [5.41, 5.74) is 6.02. The fourth-order valence-electron chi connectivity index (χ4n) is 2.31. The van der Waals surface area contributed by atoms with Crippen molar-refractivity contribution in [2.75, 3.05) is 13.1 Å². The van der Waals surface area contributed by atoms with Gasteiger partial charge in [-0.3, -0.25) is 4.90 Å². The first-order valence-electron chi connectivity index (χ1n) is 6.11. The average Bonchev–Trinajstić information content (AvgIpc) is 2.15. The minimum atomic E-state index is 0.336. The van der Waals surface area contributed by atoms with E-state index in [1.54, 1.807) is 0 Å². The van der Waals surface area contributed by atoms with Gasteiger partial charge in [-0.2, -0.15) is 0 Å². The Labute approximate surface area is 88.8 Å². The number of hydrogen-bond donors (Lipinski definition) is 1. The molecule has 0 aromatic heterocycles. The number of nitrogens with zero attached hydrogens (tertiary/aromatic N) is 1. The van der Waals surface area contributed by atoms with E-state index in [9.17, 15) is 0 Å². The van der Waals surface area contributed by atoms with Gasteiger partial charge in [0.1, 0.15) is 0 Å². The Kier molecular flexibility index (Phi) is 4.90. The Balaban J connectivity index is 2.38. The summed E-state index contributed by atoms with van der Waals surface area (Å²) in [4.78, 5) is 2.61. The lowest BCUT2D eigenvalue weighted by Gasteiger charge is -2.38. The summed E-state index contributed by atoms with van der Waals surface area (Å²) in [7, 11) is 0. The molecule has 84 valence electrons. The summed E-state index contributed by atoms with van der Waals surface area (Å²) in [5.74, 6) is 0.811. The molecule has 0 spiro atoms. The Hall–Kier alpha value is -0.0800. The maximum Gasteiger partial charge on any atom is 0.0244 e. The van der Waals surface area contributed by atoms with Gasteiger partial charge < -0.3 is 5.73 Å². The van der Waals surface area contributed by atoms with Gasteiger partial charge >= 0.3 is 0 Å². The quantitative estimate of drug-likeness (QED) is 0.750. The molecule has 1 fully saturated rings. The lowest BCUT2D eigenvalue weighted by atomic mass is 9.96. The maximum absolute atomic E-state index is 6.02. The lowest BCUT2D eigenvalue weighted by Crippen LogP contribution is -2.49. The zero-order chi connectivity index (χ0) is 10.6. The van der Waals surface area contributed by atoms with Crippen molar-refractivity contribution in [2.45, 2.75) is 58.5 Å². The molecule has 1 aliphatic heterocycles. The van der Waals surface area contributed by atoms with Gasteiger partial charge in [0.05, 0.1) is 0 Å². The highest BCUT2D eigenvalue weighted by Crippen LogP contribution is 2.19. The van der Waals surface area contributed by atoms with E-state index in [0.29, 0.717) is 12.1 Å². The van der Waals surface area contributed by atoms with Gasteiger partial charge in [0.2, 0.25) is 0 Å². The van der Waals surface area contributed by atoms with E-state index in [-0.39, 0.29) is 0 Å². The maximum atomic E-state index is 6.02. The molecule has 1 aliphatic rings. The molecule has 2 atom stereocenters. The van der Waals surface area contributed by atoms with Gasteiger partial charge in [-0.15, -0.1) is 0 Å². The van der Waals surface area contributed by atoms with Crippen molar-refractivity contribution in [2.24, 2.45) is 11.7 Å². The standard InChI is InChI=1S/C12H26N2/c1-10(2)7-9-14-8-5-4-6-12(14)11(3)13/h10-12H,4-9,13H2,1-3H3. The fourth-order valence-corrected chi connectivity index (χ4v) is 2.31. The van der Waals surface area contributed by atoms with E-state index in [0.717, 1.165) is 5.92 Å². The van der Waals surface area contributed by atoms with Crippen molar-refractivity contribution >= 4 is 0 Å². The van der Waals surface area contributed by atoms with Gasteiger partial charge in [0.25, 0.3) is 0 Å². The molecule has 0 saturated carbocycles. The van der Waals surface area contributed by atoms with Crippen LogP contribution in [0.25, 0.3) is 0 Å². The van der Waals surface area contributed by atoms with E-state index in [2.05, 4.69) is 25.7 Å². The largest absolute Gasteiger partial charge is 0.327 e. The minimum absolute atomic E-state index is 0.336. The van der Waals surface area contributed by atoms with Crippen LogP contribution in [0.4, 0.5) is 0 Å². The van der Waals surface area contributed by atoms with E-state index >= 15 is 0 Å². The Bertz CT molecular complexity index is 154. The van der Waals surface area contributed by atoms with Crippen LogP contribution in [0.3, 0.4) is 0 Å². The molecule has 2 unspecified atom stereocenters. The highest BCUT2D eigenvalue weighted by atomic mass is 15.2. The van der Waals surface area contributed by atoms with Crippen LogP contribution in [0, 0.1) is 5.92 Å². The Morgan fingerprint density at radius 3 is 2.57 bits per heavy atom. The zero-order valence-corrected chi connectivity index (χ0v) is 10.00. The van der Waals surface area contributed by atoms with Crippen LogP contribution in [0.2, 0.25) is 0 Å². The van der Waals surface area contributed by atoms with E-state index in [1.165, 1.54) is 38.8 Å². The number of piperidine rings is 1. The highest BCUT2D eigenvalue weighted by Gasteiger charge is 2.24. The highest BCUT2D eigenvalue weighted by molar-refractivity contribution is 4.82. The first-order chi connectivity index (χ1) is 6.61. The summed E-state index contributed by atoms with van der Waals surface area (Å²) in [5, 5.41) is 0. The molecule has 1 heterocycles. The average molecular weight is 198 g/mol. The predicted molar refractivity (Wildman–Crippen MR) is 62.3 cm³/mol. The molecule has 2 nitrogen and oxygen atoms in total. The van der Waals surface area contributed by atoms with Crippen LogP contribution in [0.5, 0.6) is 0 Å². The van der Waals surface area contributed by atoms with E-state index < -0.39 is 0 Å². The molecular weight excluding hydrogens is 172 g/mol. The second kappa shape index (κ2) is 5.72. The number of likely N-dealkylation sites (tertiary alicyclic amines) is 1. The van der Waals surface area contributed by atoms with Crippen LogP contribution in [0.15, 0.2) is 0 Å². The molecule has 0 bridgehead atoms. The molecule has 0 amide bonds. The van der Waals surface area contributed by atoms with Gasteiger partial charge in [-0.25, -0.2) is 0 Å². The SMILES string of the molecule is CC(C)CCN1CCCCC1C(C)N. The first kappa shape index (κ1) is 12.0. The Morgan fingerprint density at radius 1 is 1.29 bits per heavy atom. The second-order valence-corrected chi connectivity index (χ2v) is 5.14. The second-order valence-electron chi connectivity index (χ2n) is 5.14. The lowest BCUT2D eigenvalue weighted by molar-refractivity contribution is 0.124. The number of rotatable bonds is 4. The first-order valence-corrected chi connectivity index (χ1v) is 6.11. The molecule has 1 rings (SSSR count). The molecule has 2 heteroatoms. The number of nitrogens with two attached hydrogens (primary N) is 1. The third-order valence-corrected chi connectivity index (χ3v) is 3.26. The summed E-state index contributed by atoms with van der Waals surface area (Å²) in [6.45, 7) is 9.25. The third kappa shape index (κ3) is 3.58. The summed E-state index contributed by atoms with van der Waals surface area (Å²) >= 11 is 0. The van der Waals surface area contributed by atoms with E-state index in [4.69, 9.17) is 5.73 Å². The third-order valence-electron chi connectivity index (χ3n) is 3.26. The van der Waals surface area contributed by atoms with Gasteiger partial charge in [-0.1, -0.05) is 20.3 Å². The molecule has 0 aliphatic carbocycles. The van der Waals surface area contributed by atoms with Crippen molar-refractivity contribution in [1.29, 1.82) is 0 Å². The Morgan fingerprint density at radius 2 is 2.00 bits per heavy atom. The molecule has 14 heavy (non-hydrogen) atoms. The zero-order valence-electron chi connectivity index (χ0n) is 10.00. The normalized spacial score (nSPS) is 26.8. The van der Waals surface area contributed by atoms with Gasteiger partial charge in [0.15, 0.2) is 0 Å². The van der Waals surface area contributed by atoms with Crippen LogP contribution >= 0.6 is 0 Å². The van der Waals surface area contributed by atoms with Crippen LogP contribution in [-0.4, -0.2) is 30.1 Å². The van der Waals surface area contributed by atoms with Crippen molar-refractivity contribution < 1.29 is 0 Å². The van der Waals surface area contributed by atoms with Crippen LogP contribution < -0.4 is 5.73 Å². The van der Waals surface area contributed by atoms with Crippen LogP contribution in [0.1, 0.15) is 46.5 Å². The summed E-state index contributed by atoms with van der Waals surface area (Å²) in [6, 6.07) is 0.977. The van der Waals surface area contributed by atoms with Gasteiger partial charge in [-0.05, 0) is 45.2 Å². The van der Waals surface area contributed by atoms with Crippen LogP contribution in [-0.2, 0) is 0 Å². The molecule has 0 aromatic carbocycles. The molecule has 0 aromatic rings. The van der Waals surface area contributed by atoms with E-state index in [1.807, 2.05) is 0 Å². The van der Waals surface area contributed by atoms with Crippen molar-refractivity contribution in [3.63, 3.8) is 0 Å². The van der Waals surface area contributed by atoms with Crippen molar-refractivity contribution in [3.05, 3.63) is 0 Å². The molecule has 2 N–H and O–H groups in total. The molecule has 0 radical (unpaired) electrons. The van der Waals surface area contributed by atoms with Crippen molar-refractivity contribution in [3.8, 4) is 0 Å². The summed E-state index contributed by atoms with van der Waals surface area (Å²) in [6.07, 6.45) is 5.34. The van der Waals surface area contributed by atoms with Gasteiger partial charge in [0, 0.05) is 12.1 Å². The monoisotopic (exact) mass is 198 g/mol. The molecule has 1 saturated heterocycles. The fraction of sp³-hybridized carbons (Fsp3) is 1.00. The smallest absolute Gasteiger partial charge is 0.0244 e. The predicted octanol–water partition coefficient (Wildman–Crippen LogP) is 2.23. The summed E-state index contributed by atoms with van der Waals surface area (Å²) < 4.78 is 0. The minimum Gasteiger partial charge on any atom is -0.327 e. The number of hydrogen-bond acceptors (Lipinski definition) is 2. The molecular formula is C12H26N2.